The first-order chi connectivity index (χ1) is 6.58. The van der Waals surface area contributed by atoms with Crippen LogP contribution in [0.1, 0.15) is 10.5 Å². The van der Waals surface area contributed by atoms with Crippen LogP contribution in [-0.2, 0) is 0 Å². The topological polar surface area (TPSA) is 53.1 Å². The molecular weight excluding hydrogens is 225 g/mol. The lowest BCUT2D eigenvalue weighted by atomic mass is 10.2. The molecule has 0 saturated carbocycles. The van der Waals surface area contributed by atoms with Crippen LogP contribution in [0.25, 0.3) is 10.9 Å². The smallest absolute Gasteiger partial charge is 0.352 e. The van der Waals surface area contributed by atoms with Crippen LogP contribution in [0.15, 0.2) is 18.2 Å². The molecule has 1 aromatic heterocycles. The van der Waals surface area contributed by atoms with Gasteiger partial charge in [-0.15, -0.1) is 0 Å². The van der Waals surface area contributed by atoms with Crippen molar-refractivity contribution < 1.29 is 9.90 Å². The zero-order valence-corrected chi connectivity index (χ0v) is 8.36. The number of benzene rings is 1. The molecule has 0 bridgehead atoms. The molecule has 0 saturated heterocycles. The van der Waals surface area contributed by atoms with Crippen molar-refractivity contribution in [1.29, 1.82) is 0 Å². The largest absolute Gasteiger partial charge is 0.477 e. The molecule has 2 aromatic rings. The molecule has 1 heterocycles. The molecule has 0 fully saturated rings. The number of aromatic amines is 1. The van der Waals surface area contributed by atoms with Crippen molar-refractivity contribution in [2.24, 2.45) is 0 Å². The molecule has 1 aromatic carbocycles. The van der Waals surface area contributed by atoms with Crippen LogP contribution in [0.4, 0.5) is 0 Å². The fourth-order valence-electron chi connectivity index (χ4n) is 1.28. The molecule has 72 valence electrons. The number of H-pyrrole nitrogens is 1. The minimum Gasteiger partial charge on any atom is -0.477 e. The van der Waals surface area contributed by atoms with Crippen LogP contribution < -0.4 is 0 Å². The number of hydrogen-bond donors (Lipinski definition) is 2. The molecular formula is C9H5Cl2NO2. The highest BCUT2D eigenvalue weighted by Gasteiger charge is 2.10. The second-order valence-corrected chi connectivity index (χ2v) is 3.68. The van der Waals surface area contributed by atoms with Crippen LogP contribution in [0, 0.1) is 0 Å². The number of hydrogen-bond acceptors (Lipinski definition) is 1. The highest BCUT2D eigenvalue weighted by Crippen LogP contribution is 2.28. The standard InChI is InChI=1S/C9H5Cl2NO2/c10-4-1-6(11)5-3-8(9(13)14)12-7(5)2-4/h1-3,12H,(H,13,14). The van der Waals surface area contributed by atoms with Gasteiger partial charge in [0.05, 0.1) is 5.02 Å². The fraction of sp³-hybridized carbons (Fsp3) is 0. The third-order valence-corrected chi connectivity index (χ3v) is 2.41. The fourth-order valence-corrected chi connectivity index (χ4v) is 1.82. The van der Waals surface area contributed by atoms with Gasteiger partial charge in [0.25, 0.3) is 0 Å². The summed E-state index contributed by atoms with van der Waals surface area (Å²) in [7, 11) is 0. The molecule has 0 atom stereocenters. The maximum atomic E-state index is 10.7. The molecule has 0 spiro atoms. The van der Waals surface area contributed by atoms with Crippen LogP contribution in [0.3, 0.4) is 0 Å². The highest BCUT2D eigenvalue weighted by molar-refractivity contribution is 6.38. The Kier molecular flexibility index (Phi) is 2.13. The van der Waals surface area contributed by atoms with Gasteiger partial charge in [0.1, 0.15) is 5.69 Å². The lowest BCUT2D eigenvalue weighted by Crippen LogP contribution is -1.94. The number of halogens is 2. The Labute approximate surface area is 89.2 Å². The van der Waals surface area contributed by atoms with Crippen molar-refractivity contribution in [3.05, 3.63) is 33.9 Å². The van der Waals surface area contributed by atoms with Crippen molar-refractivity contribution in [3.8, 4) is 0 Å². The quantitative estimate of drug-likeness (QED) is 0.790. The number of carboxylic acids is 1. The van der Waals surface area contributed by atoms with E-state index in [1.165, 1.54) is 6.07 Å². The van der Waals surface area contributed by atoms with Crippen LogP contribution in [-0.4, -0.2) is 16.1 Å². The monoisotopic (exact) mass is 229 g/mol. The Balaban J connectivity index is 2.76. The molecule has 2 N–H and O–H groups in total. The molecule has 0 aliphatic carbocycles. The van der Waals surface area contributed by atoms with E-state index in [9.17, 15) is 4.79 Å². The summed E-state index contributed by atoms with van der Waals surface area (Å²) in [6.45, 7) is 0. The van der Waals surface area contributed by atoms with Gasteiger partial charge < -0.3 is 10.1 Å². The lowest BCUT2D eigenvalue weighted by molar-refractivity contribution is 0.0691. The van der Waals surface area contributed by atoms with Crippen LogP contribution in [0.2, 0.25) is 10.0 Å². The van der Waals surface area contributed by atoms with Crippen molar-refractivity contribution in [2.75, 3.05) is 0 Å². The number of nitrogens with one attached hydrogen (secondary N) is 1. The average Bonchev–Trinajstić information content (AvgIpc) is 2.47. The van der Waals surface area contributed by atoms with Gasteiger partial charge in [0.15, 0.2) is 0 Å². The van der Waals surface area contributed by atoms with E-state index in [-0.39, 0.29) is 5.69 Å². The van der Waals surface area contributed by atoms with Gasteiger partial charge in [0, 0.05) is 15.9 Å². The van der Waals surface area contributed by atoms with Crippen LogP contribution in [0.5, 0.6) is 0 Å². The normalized spacial score (nSPS) is 10.7. The van der Waals surface area contributed by atoms with Crippen molar-refractivity contribution in [2.45, 2.75) is 0 Å². The van der Waals surface area contributed by atoms with E-state index in [1.807, 2.05) is 0 Å². The molecule has 5 heteroatoms. The second-order valence-electron chi connectivity index (χ2n) is 2.84. The average molecular weight is 230 g/mol. The number of rotatable bonds is 1. The Hall–Kier alpha value is -1.19. The van der Waals surface area contributed by atoms with E-state index in [4.69, 9.17) is 28.3 Å². The van der Waals surface area contributed by atoms with E-state index in [0.717, 1.165) is 0 Å². The van der Waals surface area contributed by atoms with Gasteiger partial charge in [0.2, 0.25) is 0 Å². The predicted molar refractivity (Wildman–Crippen MR) is 55.3 cm³/mol. The Bertz CT molecular complexity index is 519. The van der Waals surface area contributed by atoms with Gasteiger partial charge in [-0.1, -0.05) is 23.2 Å². The number of carboxylic acid groups (broad SMARTS) is 1. The first-order valence-corrected chi connectivity index (χ1v) is 4.54. The van der Waals surface area contributed by atoms with E-state index in [2.05, 4.69) is 4.98 Å². The number of fused-ring (bicyclic) bond motifs is 1. The Morgan fingerprint density at radius 1 is 1.29 bits per heavy atom. The number of aromatic nitrogens is 1. The van der Waals surface area contributed by atoms with Crippen molar-refractivity contribution >= 4 is 40.1 Å². The van der Waals surface area contributed by atoms with E-state index >= 15 is 0 Å². The molecule has 0 aliphatic rings. The summed E-state index contributed by atoms with van der Waals surface area (Å²) >= 11 is 11.6. The molecule has 14 heavy (non-hydrogen) atoms. The summed E-state index contributed by atoms with van der Waals surface area (Å²) in [5, 5.41) is 10.3. The maximum absolute atomic E-state index is 10.7. The molecule has 0 aliphatic heterocycles. The minimum absolute atomic E-state index is 0.101. The maximum Gasteiger partial charge on any atom is 0.352 e. The van der Waals surface area contributed by atoms with Crippen molar-refractivity contribution in [1.82, 2.24) is 4.98 Å². The van der Waals surface area contributed by atoms with Gasteiger partial charge in [-0.25, -0.2) is 4.79 Å². The minimum atomic E-state index is -1.02. The number of aromatic carboxylic acids is 1. The van der Waals surface area contributed by atoms with E-state index in [0.29, 0.717) is 20.9 Å². The third-order valence-electron chi connectivity index (χ3n) is 1.88. The summed E-state index contributed by atoms with van der Waals surface area (Å²) in [5.74, 6) is -1.02. The molecule has 3 nitrogen and oxygen atoms in total. The summed E-state index contributed by atoms with van der Waals surface area (Å²) in [6.07, 6.45) is 0. The zero-order valence-electron chi connectivity index (χ0n) is 6.84. The zero-order chi connectivity index (χ0) is 10.3. The van der Waals surface area contributed by atoms with Gasteiger partial charge in [-0.05, 0) is 18.2 Å². The first-order valence-electron chi connectivity index (χ1n) is 3.79. The summed E-state index contributed by atoms with van der Waals surface area (Å²) in [6, 6.07) is 4.69. The lowest BCUT2D eigenvalue weighted by Gasteiger charge is -1.94. The molecule has 0 unspecified atom stereocenters. The van der Waals surface area contributed by atoms with Gasteiger partial charge in [-0.2, -0.15) is 0 Å². The molecule has 0 radical (unpaired) electrons. The predicted octanol–water partition coefficient (Wildman–Crippen LogP) is 3.17. The SMILES string of the molecule is O=C(O)c1cc2c(Cl)cc(Cl)cc2[nH]1. The summed E-state index contributed by atoms with van der Waals surface area (Å²) in [5.41, 5.74) is 0.726. The number of carbonyl (C=O) groups is 1. The summed E-state index contributed by atoms with van der Waals surface area (Å²) in [4.78, 5) is 13.4. The van der Waals surface area contributed by atoms with Gasteiger partial charge >= 0.3 is 5.97 Å². The molecule has 2 rings (SSSR count). The van der Waals surface area contributed by atoms with E-state index in [1.54, 1.807) is 12.1 Å². The molecule has 0 amide bonds. The van der Waals surface area contributed by atoms with Crippen LogP contribution >= 0.6 is 23.2 Å². The van der Waals surface area contributed by atoms with E-state index < -0.39 is 5.97 Å². The van der Waals surface area contributed by atoms with Gasteiger partial charge in [-0.3, -0.25) is 0 Å². The Morgan fingerprint density at radius 2 is 2.00 bits per heavy atom. The first kappa shape index (κ1) is 9.37. The Morgan fingerprint density at radius 3 is 2.64 bits per heavy atom. The third kappa shape index (κ3) is 1.45. The highest BCUT2D eigenvalue weighted by atomic mass is 35.5. The van der Waals surface area contributed by atoms with Crippen molar-refractivity contribution in [3.63, 3.8) is 0 Å². The summed E-state index contributed by atoms with van der Waals surface area (Å²) < 4.78 is 0. The second kappa shape index (κ2) is 3.19.